The lowest BCUT2D eigenvalue weighted by atomic mass is 9.74. The Morgan fingerprint density at radius 2 is 1.21 bits per heavy atom. The number of alkyl halides is 6. The quantitative estimate of drug-likeness (QED) is 0.525. The molecule has 0 rings (SSSR count). The van der Waals surface area contributed by atoms with E-state index in [1.807, 2.05) is 0 Å². The molecule has 0 amide bonds. The van der Waals surface area contributed by atoms with Gasteiger partial charge in [-0.2, -0.15) is 26.3 Å². The van der Waals surface area contributed by atoms with Crippen LogP contribution in [0.2, 0.25) is 0 Å². The van der Waals surface area contributed by atoms with Crippen LogP contribution in [0, 0.1) is 5.41 Å². The lowest BCUT2D eigenvalue weighted by Crippen LogP contribution is -2.51. The van der Waals surface area contributed by atoms with Gasteiger partial charge in [0, 0.05) is 0 Å². The minimum Gasteiger partial charge on any atom is -0.549 e. The van der Waals surface area contributed by atoms with Gasteiger partial charge in [-0.05, 0) is 5.57 Å². The van der Waals surface area contributed by atoms with Crippen molar-refractivity contribution in [3.05, 3.63) is 12.2 Å². The van der Waals surface area contributed by atoms with E-state index in [-0.39, 0.29) is 0 Å². The molecule has 19 heavy (non-hydrogen) atoms. The van der Waals surface area contributed by atoms with Crippen LogP contribution in [-0.2, 0) is 9.59 Å². The third-order valence-corrected chi connectivity index (χ3v) is 2.22. The van der Waals surface area contributed by atoms with E-state index in [0.29, 0.717) is 0 Å². The molecule has 0 aliphatic carbocycles. The van der Waals surface area contributed by atoms with Crippen molar-refractivity contribution in [3.63, 3.8) is 0 Å². The van der Waals surface area contributed by atoms with Crippen LogP contribution in [0.15, 0.2) is 12.2 Å². The van der Waals surface area contributed by atoms with Crippen molar-refractivity contribution in [1.29, 1.82) is 0 Å². The summed E-state index contributed by atoms with van der Waals surface area (Å²) in [5.41, 5.74) is -5.70. The van der Waals surface area contributed by atoms with E-state index in [2.05, 4.69) is 6.58 Å². The van der Waals surface area contributed by atoms with Gasteiger partial charge in [0.2, 0.25) is 0 Å². The lowest BCUT2D eigenvalue weighted by Gasteiger charge is -2.38. The van der Waals surface area contributed by atoms with Crippen molar-refractivity contribution < 1.29 is 46.1 Å². The van der Waals surface area contributed by atoms with Crippen LogP contribution >= 0.6 is 0 Å². The SMILES string of the molecule is C=C(C(=O)[O-])C(CC(F)(F)F)(CC(F)(F)F)C(=O)[O-]. The maximum atomic E-state index is 12.2. The Morgan fingerprint density at radius 3 is 1.37 bits per heavy atom. The summed E-state index contributed by atoms with van der Waals surface area (Å²) in [5, 5.41) is 21.0. The second kappa shape index (κ2) is 5.10. The predicted molar refractivity (Wildman–Crippen MR) is 42.9 cm³/mol. The van der Waals surface area contributed by atoms with E-state index >= 15 is 0 Å². The smallest absolute Gasteiger partial charge is 0.390 e. The highest BCUT2D eigenvalue weighted by Gasteiger charge is 2.51. The van der Waals surface area contributed by atoms with E-state index in [4.69, 9.17) is 0 Å². The summed E-state index contributed by atoms with van der Waals surface area (Å²) in [6.07, 6.45) is -15.9. The van der Waals surface area contributed by atoms with Crippen molar-refractivity contribution in [2.24, 2.45) is 5.41 Å². The molecule has 0 aromatic heterocycles. The van der Waals surface area contributed by atoms with E-state index in [0.717, 1.165) is 0 Å². The molecule has 110 valence electrons. The van der Waals surface area contributed by atoms with Crippen LogP contribution in [0.25, 0.3) is 0 Å². The highest BCUT2D eigenvalue weighted by molar-refractivity contribution is 5.94. The number of hydrogen-bond donors (Lipinski definition) is 0. The summed E-state index contributed by atoms with van der Waals surface area (Å²) < 4.78 is 73.2. The highest BCUT2D eigenvalue weighted by atomic mass is 19.4. The van der Waals surface area contributed by atoms with Gasteiger partial charge in [0.25, 0.3) is 0 Å². The average Bonchev–Trinajstić information content (AvgIpc) is 2.10. The van der Waals surface area contributed by atoms with Gasteiger partial charge in [-0.3, -0.25) is 0 Å². The van der Waals surface area contributed by atoms with Crippen molar-refractivity contribution in [1.82, 2.24) is 0 Å². The summed E-state index contributed by atoms with van der Waals surface area (Å²) in [6.45, 7) is 2.43. The number of rotatable bonds is 5. The number of carbonyl (C=O) groups is 2. The number of carboxylic acid groups (broad SMARTS) is 2. The first-order chi connectivity index (χ1) is 8.21. The van der Waals surface area contributed by atoms with Crippen LogP contribution in [0.5, 0.6) is 0 Å². The first-order valence-corrected chi connectivity index (χ1v) is 4.47. The van der Waals surface area contributed by atoms with Gasteiger partial charge in [-0.25, -0.2) is 0 Å². The number of aliphatic carboxylic acids is 2. The second-order valence-corrected chi connectivity index (χ2v) is 3.72. The van der Waals surface area contributed by atoms with Gasteiger partial charge in [0.15, 0.2) is 0 Å². The summed E-state index contributed by atoms with van der Waals surface area (Å²) in [7, 11) is 0. The molecular weight excluding hydrogens is 286 g/mol. The van der Waals surface area contributed by atoms with Gasteiger partial charge in [-0.15, -0.1) is 0 Å². The standard InChI is InChI=1S/C9H8F6O4/c1-4(5(16)17)7(6(18)19,2-8(10,11)12)3-9(13,14)15/h1-3H2,(H,16,17)(H,18,19)/p-2. The molecule has 0 saturated carbocycles. The molecule has 0 heterocycles. The molecule has 0 aromatic carbocycles. The topological polar surface area (TPSA) is 80.3 Å². The van der Waals surface area contributed by atoms with Crippen LogP contribution in [0.1, 0.15) is 12.8 Å². The number of carbonyl (C=O) groups excluding carboxylic acids is 2. The predicted octanol–water partition coefficient (Wildman–Crippen LogP) is -0.0664. The molecular formula is C9H6F6O4-2. The van der Waals surface area contributed by atoms with Crippen LogP contribution in [0.4, 0.5) is 26.3 Å². The van der Waals surface area contributed by atoms with Crippen LogP contribution in [-0.4, -0.2) is 24.3 Å². The van der Waals surface area contributed by atoms with Crippen molar-refractivity contribution in [3.8, 4) is 0 Å². The molecule has 0 N–H and O–H groups in total. The fourth-order valence-electron chi connectivity index (χ4n) is 1.42. The Hall–Kier alpha value is -1.74. The number of carboxylic acids is 2. The van der Waals surface area contributed by atoms with Crippen molar-refractivity contribution in [2.75, 3.05) is 0 Å². The molecule has 0 atom stereocenters. The molecule has 0 radical (unpaired) electrons. The van der Waals surface area contributed by atoms with E-state index in [1.54, 1.807) is 0 Å². The van der Waals surface area contributed by atoms with Crippen molar-refractivity contribution in [2.45, 2.75) is 25.2 Å². The average molecular weight is 292 g/mol. The zero-order valence-corrected chi connectivity index (χ0v) is 9.02. The third kappa shape index (κ3) is 4.79. The Morgan fingerprint density at radius 1 is 0.895 bits per heavy atom. The molecule has 10 heteroatoms. The molecule has 0 aliphatic rings. The maximum absolute atomic E-state index is 12.2. The van der Waals surface area contributed by atoms with E-state index in [1.165, 1.54) is 0 Å². The minimum absolute atomic E-state index is 1.85. The summed E-state index contributed by atoms with van der Waals surface area (Å²) >= 11 is 0. The minimum atomic E-state index is -5.37. The first-order valence-electron chi connectivity index (χ1n) is 4.47. The zero-order valence-electron chi connectivity index (χ0n) is 9.02. The van der Waals surface area contributed by atoms with Crippen molar-refractivity contribution >= 4 is 11.9 Å². The Bertz CT molecular complexity index is 378. The normalized spacial score (nSPS) is 13.2. The molecule has 0 unspecified atom stereocenters. The molecule has 0 bridgehead atoms. The fraction of sp³-hybridized carbons (Fsp3) is 0.556. The molecule has 0 aliphatic heterocycles. The molecule has 0 aromatic rings. The summed E-state index contributed by atoms with van der Waals surface area (Å²) in [4.78, 5) is 21.0. The summed E-state index contributed by atoms with van der Waals surface area (Å²) in [6, 6.07) is 0. The van der Waals surface area contributed by atoms with Gasteiger partial charge >= 0.3 is 12.4 Å². The Kier molecular flexibility index (Phi) is 4.63. The fourth-order valence-corrected chi connectivity index (χ4v) is 1.42. The molecule has 0 fully saturated rings. The third-order valence-electron chi connectivity index (χ3n) is 2.22. The van der Waals surface area contributed by atoms with Gasteiger partial charge in [0.05, 0.1) is 30.2 Å². The lowest BCUT2D eigenvalue weighted by molar-refractivity contribution is -0.330. The monoisotopic (exact) mass is 292 g/mol. The van der Waals surface area contributed by atoms with Gasteiger partial charge in [-0.1, -0.05) is 6.58 Å². The Balaban J connectivity index is 5.83. The largest absolute Gasteiger partial charge is 0.549 e. The maximum Gasteiger partial charge on any atom is 0.390 e. The molecule has 0 saturated heterocycles. The van der Waals surface area contributed by atoms with E-state index in [9.17, 15) is 46.1 Å². The van der Waals surface area contributed by atoms with Crippen LogP contribution in [0.3, 0.4) is 0 Å². The first kappa shape index (κ1) is 17.3. The van der Waals surface area contributed by atoms with Gasteiger partial charge in [0.1, 0.15) is 0 Å². The molecule has 0 spiro atoms. The Labute approximate surface area is 102 Å². The zero-order chi connectivity index (χ0) is 15.6. The van der Waals surface area contributed by atoms with Crippen LogP contribution < -0.4 is 10.2 Å². The van der Waals surface area contributed by atoms with E-state index < -0.39 is 48.1 Å². The second-order valence-electron chi connectivity index (χ2n) is 3.72. The summed E-state index contributed by atoms with van der Waals surface area (Å²) in [5.74, 6) is -5.37. The highest BCUT2D eigenvalue weighted by Crippen LogP contribution is 2.45. The number of hydrogen-bond acceptors (Lipinski definition) is 4. The number of halogens is 6. The molecule has 4 nitrogen and oxygen atoms in total. The van der Waals surface area contributed by atoms with Gasteiger partial charge < -0.3 is 19.8 Å².